The van der Waals surface area contributed by atoms with Crippen LogP contribution in [0.2, 0.25) is 10.0 Å². The van der Waals surface area contributed by atoms with E-state index in [-0.39, 0.29) is 0 Å². The van der Waals surface area contributed by atoms with Crippen LogP contribution in [0, 0.1) is 0 Å². The molecule has 0 saturated heterocycles. The van der Waals surface area contributed by atoms with Gasteiger partial charge in [-0.1, -0.05) is 53.2 Å². The van der Waals surface area contributed by atoms with Crippen molar-refractivity contribution in [3.8, 4) is 5.75 Å². The zero-order valence-electron chi connectivity index (χ0n) is 14.7. The minimum atomic E-state index is 0.441. The number of nitrogens with one attached hydrogen (secondary N) is 1. The van der Waals surface area contributed by atoms with Crippen LogP contribution in [0.15, 0.2) is 47.6 Å². The Labute approximate surface area is 172 Å². The van der Waals surface area contributed by atoms with Crippen molar-refractivity contribution < 1.29 is 4.74 Å². The van der Waals surface area contributed by atoms with Crippen LogP contribution < -0.4 is 10.1 Å². The van der Waals surface area contributed by atoms with Crippen LogP contribution >= 0.6 is 35.0 Å². The molecule has 1 heterocycles. The minimum absolute atomic E-state index is 0.441. The van der Waals surface area contributed by atoms with Crippen LogP contribution in [0.25, 0.3) is 0 Å². The molecule has 2 aromatic carbocycles. The van der Waals surface area contributed by atoms with Gasteiger partial charge in [-0.05, 0) is 45.8 Å². The van der Waals surface area contributed by atoms with Gasteiger partial charge in [-0.2, -0.15) is 0 Å². The van der Waals surface area contributed by atoms with E-state index in [0.717, 1.165) is 40.9 Å². The molecule has 0 aliphatic heterocycles. The molecular weight excluding hydrogens is 405 g/mol. The molecule has 0 aliphatic carbocycles. The van der Waals surface area contributed by atoms with Gasteiger partial charge >= 0.3 is 0 Å². The van der Waals surface area contributed by atoms with E-state index < -0.39 is 0 Å². The zero-order valence-corrected chi connectivity index (χ0v) is 17.1. The summed E-state index contributed by atoms with van der Waals surface area (Å²) in [5.74, 6) is 1.71. The fourth-order valence-corrected chi connectivity index (χ4v) is 3.40. The first-order valence-corrected chi connectivity index (χ1v) is 10.1. The van der Waals surface area contributed by atoms with E-state index in [2.05, 4.69) is 26.9 Å². The molecule has 6 nitrogen and oxygen atoms in total. The van der Waals surface area contributed by atoms with Gasteiger partial charge in [-0.25, -0.2) is 4.68 Å². The molecular formula is C18H19Cl2N5OS. The van der Waals surface area contributed by atoms with Crippen LogP contribution in [-0.4, -0.2) is 32.5 Å². The topological polar surface area (TPSA) is 64.9 Å². The second-order valence-electron chi connectivity index (χ2n) is 5.79. The molecule has 9 heteroatoms. The fourth-order valence-electron chi connectivity index (χ4n) is 2.33. The molecule has 27 heavy (non-hydrogen) atoms. The smallest absolute Gasteiger partial charge is 0.209 e. The van der Waals surface area contributed by atoms with Gasteiger partial charge in [0.05, 0.1) is 10.0 Å². The molecule has 0 saturated carbocycles. The van der Waals surface area contributed by atoms with Gasteiger partial charge in [0.2, 0.25) is 5.16 Å². The number of halogens is 2. The van der Waals surface area contributed by atoms with E-state index >= 15 is 0 Å². The lowest BCUT2D eigenvalue weighted by Crippen LogP contribution is -2.16. The van der Waals surface area contributed by atoms with E-state index in [1.165, 1.54) is 0 Å². The van der Waals surface area contributed by atoms with Crippen molar-refractivity contribution in [1.82, 2.24) is 25.5 Å². The maximum Gasteiger partial charge on any atom is 0.209 e. The summed E-state index contributed by atoms with van der Waals surface area (Å²) in [6, 6.07) is 13.5. The summed E-state index contributed by atoms with van der Waals surface area (Å²) >= 11 is 13.6. The van der Waals surface area contributed by atoms with E-state index in [0.29, 0.717) is 16.7 Å². The first kappa shape index (κ1) is 19.9. The van der Waals surface area contributed by atoms with Gasteiger partial charge in [0.1, 0.15) is 12.4 Å². The molecule has 1 aromatic heterocycles. The molecule has 0 radical (unpaired) electrons. The maximum atomic E-state index is 6.04. The Bertz CT molecular complexity index is 890. The average Bonchev–Trinajstić information content (AvgIpc) is 3.08. The number of hydrogen-bond donors (Lipinski definition) is 1. The maximum absolute atomic E-state index is 6.04. The molecule has 3 aromatic rings. The van der Waals surface area contributed by atoms with Gasteiger partial charge in [-0.15, -0.1) is 5.10 Å². The summed E-state index contributed by atoms with van der Waals surface area (Å²) in [5.41, 5.74) is 2.13. The van der Waals surface area contributed by atoms with Crippen molar-refractivity contribution in [2.45, 2.75) is 18.3 Å². The van der Waals surface area contributed by atoms with Crippen molar-refractivity contribution in [3.63, 3.8) is 0 Å². The Morgan fingerprint density at radius 3 is 2.78 bits per heavy atom. The van der Waals surface area contributed by atoms with Crippen LogP contribution in [0.4, 0.5) is 0 Å². The Hall–Kier alpha value is -1.80. The highest BCUT2D eigenvalue weighted by Crippen LogP contribution is 2.23. The monoisotopic (exact) mass is 423 g/mol. The molecule has 0 fully saturated rings. The van der Waals surface area contributed by atoms with Crippen LogP contribution in [-0.2, 0) is 20.2 Å². The number of tetrazole rings is 1. The molecule has 0 atom stereocenters. The molecule has 0 unspecified atom stereocenters. The second-order valence-corrected chi connectivity index (χ2v) is 7.67. The largest absolute Gasteiger partial charge is 0.489 e. The Balaban J connectivity index is 1.43. The number of nitrogens with zero attached hydrogens (tertiary/aromatic N) is 4. The number of benzene rings is 2. The molecule has 0 aliphatic rings. The van der Waals surface area contributed by atoms with Crippen LogP contribution in [0.1, 0.15) is 11.1 Å². The molecule has 0 spiro atoms. The highest BCUT2D eigenvalue weighted by Gasteiger charge is 2.03. The van der Waals surface area contributed by atoms with Crippen LogP contribution in [0.5, 0.6) is 5.75 Å². The lowest BCUT2D eigenvalue weighted by molar-refractivity contribution is 0.306. The first-order chi connectivity index (χ1) is 13.1. The number of aromatic nitrogens is 4. The van der Waals surface area contributed by atoms with Crippen LogP contribution in [0.3, 0.4) is 0 Å². The van der Waals surface area contributed by atoms with E-state index in [1.54, 1.807) is 22.5 Å². The molecule has 1 N–H and O–H groups in total. The predicted molar refractivity (Wildman–Crippen MR) is 108 cm³/mol. The number of aryl methyl sites for hydroxylation is 1. The third-order valence-corrected chi connectivity index (χ3v) is 5.46. The van der Waals surface area contributed by atoms with Crippen molar-refractivity contribution in [1.29, 1.82) is 0 Å². The Morgan fingerprint density at radius 2 is 2.00 bits per heavy atom. The fraction of sp³-hybridized carbons (Fsp3) is 0.278. The SMILES string of the molecule is Cn1nnnc1SCCNCc1cccc(OCc2ccc(Cl)c(Cl)c2)c1. The third kappa shape index (κ3) is 6.10. The lowest BCUT2D eigenvalue weighted by Gasteiger charge is -2.09. The highest BCUT2D eigenvalue weighted by molar-refractivity contribution is 7.99. The summed E-state index contributed by atoms with van der Waals surface area (Å²) in [5, 5.41) is 16.7. The Kier molecular flexibility index (Phi) is 7.34. The number of thioether (sulfide) groups is 1. The summed E-state index contributed by atoms with van der Waals surface area (Å²) in [6.45, 7) is 2.06. The van der Waals surface area contributed by atoms with Gasteiger partial charge in [0.15, 0.2) is 0 Å². The van der Waals surface area contributed by atoms with E-state index in [9.17, 15) is 0 Å². The highest BCUT2D eigenvalue weighted by atomic mass is 35.5. The normalized spacial score (nSPS) is 10.9. The van der Waals surface area contributed by atoms with Gasteiger partial charge in [0, 0.05) is 25.9 Å². The number of ether oxygens (including phenoxy) is 1. The quantitative estimate of drug-likeness (QED) is 0.414. The van der Waals surface area contributed by atoms with Crippen molar-refractivity contribution in [2.75, 3.05) is 12.3 Å². The zero-order chi connectivity index (χ0) is 19.1. The first-order valence-electron chi connectivity index (χ1n) is 8.33. The predicted octanol–water partition coefficient (Wildman–Crippen LogP) is 3.98. The third-order valence-electron chi connectivity index (χ3n) is 3.71. The number of hydrogen-bond acceptors (Lipinski definition) is 6. The summed E-state index contributed by atoms with van der Waals surface area (Å²) in [6.07, 6.45) is 0. The van der Waals surface area contributed by atoms with E-state index in [1.807, 2.05) is 37.4 Å². The lowest BCUT2D eigenvalue weighted by atomic mass is 10.2. The summed E-state index contributed by atoms with van der Waals surface area (Å²) in [4.78, 5) is 0. The van der Waals surface area contributed by atoms with Crippen molar-refractivity contribution >= 4 is 35.0 Å². The molecule has 0 bridgehead atoms. The minimum Gasteiger partial charge on any atom is -0.489 e. The molecule has 142 valence electrons. The van der Waals surface area contributed by atoms with Gasteiger partial charge in [-0.3, -0.25) is 0 Å². The Morgan fingerprint density at radius 1 is 1.11 bits per heavy atom. The number of rotatable bonds is 9. The van der Waals surface area contributed by atoms with Crippen molar-refractivity contribution in [2.24, 2.45) is 7.05 Å². The molecule has 0 amide bonds. The summed E-state index contributed by atoms with van der Waals surface area (Å²) in [7, 11) is 1.83. The van der Waals surface area contributed by atoms with Crippen molar-refractivity contribution in [3.05, 3.63) is 63.6 Å². The second kappa shape index (κ2) is 9.94. The standard InChI is InChI=1S/C18H19Cl2N5OS/c1-25-18(22-23-24-25)27-8-7-21-11-13-3-2-4-15(9-13)26-12-14-5-6-16(19)17(20)10-14/h2-6,9-10,21H,7-8,11-12H2,1H3. The van der Waals surface area contributed by atoms with E-state index in [4.69, 9.17) is 27.9 Å². The van der Waals surface area contributed by atoms with Gasteiger partial charge in [0.25, 0.3) is 0 Å². The molecule has 3 rings (SSSR count). The average molecular weight is 424 g/mol. The summed E-state index contributed by atoms with van der Waals surface area (Å²) < 4.78 is 7.52. The van der Waals surface area contributed by atoms with Gasteiger partial charge < -0.3 is 10.1 Å².